The first-order valence-corrected chi connectivity index (χ1v) is 5.54. The minimum absolute atomic E-state index is 0.167. The Morgan fingerprint density at radius 1 is 1.57 bits per heavy atom. The minimum Gasteiger partial charge on any atom is -0.325 e. The molecule has 1 aliphatic carbocycles. The molecule has 1 aliphatic rings. The Balaban J connectivity index is 2.81. The fourth-order valence-electron chi connectivity index (χ4n) is 2.27. The van der Waals surface area contributed by atoms with Crippen LogP contribution in [0.15, 0.2) is 23.8 Å². The third-order valence-corrected chi connectivity index (χ3v) is 3.19. The molecular weight excluding hydrogens is 170 g/mol. The van der Waals surface area contributed by atoms with Gasteiger partial charge in [0.1, 0.15) is 0 Å². The van der Waals surface area contributed by atoms with Crippen LogP contribution < -0.4 is 5.73 Å². The molecule has 0 heterocycles. The molecule has 0 fully saturated rings. The summed E-state index contributed by atoms with van der Waals surface area (Å²) in [5.74, 6) is 0.572. The first-order chi connectivity index (χ1) is 6.43. The summed E-state index contributed by atoms with van der Waals surface area (Å²) in [6.45, 7) is 8.95. The van der Waals surface area contributed by atoms with E-state index in [-0.39, 0.29) is 6.04 Å². The van der Waals surface area contributed by atoms with E-state index in [2.05, 4.69) is 39.0 Å². The van der Waals surface area contributed by atoms with Crippen molar-refractivity contribution in [3.63, 3.8) is 0 Å². The summed E-state index contributed by atoms with van der Waals surface area (Å²) in [6.07, 6.45) is 9.27. The van der Waals surface area contributed by atoms with E-state index in [1.54, 1.807) is 0 Å². The molecule has 2 atom stereocenters. The normalized spacial score (nSPS) is 28.9. The van der Waals surface area contributed by atoms with E-state index in [9.17, 15) is 0 Å². The molecule has 1 rings (SSSR count). The molecule has 0 saturated heterocycles. The smallest absolute Gasteiger partial charge is 0.0195 e. The first-order valence-electron chi connectivity index (χ1n) is 5.54. The van der Waals surface area contributed by atoms with E-state index in [1.165, 1.54) is 18.4 Å². The lowest BCUT2D eigenvalue weighted by Gasteiger charge is -2.36. The second-order valence-electron chi connectivity index (χ2n) is 5.20. The van der Waals surface area contributed by atoms with Crippen LogP contribution in [0, 0.1) is 11.3 Å². The van der Waals surface area contributed by atoms with Gasteiger partial charge in [-0.2, -0.15) is 0 Å². The number of hydrogen-bond acceptors (Lipinski definition) is 1. The van der Waals surface area contributed by atoms with E-state index in [1.807, 2.05) is 6.92 Å². The molecular formula is C13H23N. The Bertz CT molecular complexity index is 246. The van der Waals surface area contributed by atoms with Crippen molar-refractivity contribution < 1.29 is 0 Å². The molecule has 1 nitrogen and oxygen atoms in total. The van der Waals surface area contributed by atoms with Crippen LogP contribution in [0.5, 0.6) is 0 Å². The predicted molar refractivity (Wildman–Crippen MR) is 63.1 cm³/mol. The van der Waals surface area contributed by atoms with Crippen molar-refractivity contribution in [1.29, 1.82) is 0 Å². The second-order valence-corrected chi connectivity index (χ2v) is 5.20. The van der Waals surface area contributed by atoms with Crippen LogP contribution in [0.1, 0.15) is 40.5 Å². The van der Waals surface area contributed by atoms with Gasteiger partial charge in [-0.3, -0.25) is 0 Å². The van der Waals surface area contributed by atoms with Gasteiger partial charge in [-0.25, -0.2) is 0 Å². The van der Waals surface area contributed by atoms with Gasteiger partial charge in [0, 0.05) is 12.0 Å². The maximum Gasteiger partial charge on any atom is 0.0195 e. The molecule has 2 N–H and O–H groups in total. The zero-order chi connectivity index (χ0) is 10.8. The topological polar surface area (TPSA) is 26.0 Å². The van der Waals surface area contributed by atoms with E-state index in [0.29, 0.717) is 11.3 Å². The van der Waals surface area contributed by atoms with Gasteiger partial charge in [0.05, 0.1) is 0 Å². The summed E-state index contributed by atoms with van der Waals surface area (Å²) >= 11 is 0. The number of hydrogen-bond donors (Lipinski definition) is 1. The van der Waals surface area contributed by atoms with E-state index < -0.39 is 0 Å². The summed E-state index contributed by atoms with van der Waals surface area (Å²) in [7, 11) is 0. The van der Waals surface area contributed by atoms with Crippen LogP contribution in [-0.4, -0.2) is 6.04 Å². The lowest BCUT2D eigenvalue weighted by atomic mass is 9.68. The van der Waals surface area contributed by atoms with Crippen molar-refractivity contribution in [3.8, 4) is 0 Å². The van der Waals surface area contributed by atoms with Gasteiger partial charge >= 0.3 is 0 Å². The third kappa shape index (κ3) is 2.71. The van der Waals surface area contributed by atoms with E-state index in [0.717, 1.165) is 0 Å². The Morgan fingerprint density at radius 2 is 2.21 bits per heavy atom. The van der Waals surface area contributed by atoms with Crippen molar-refractivity contribution in [2.45, 2.75) is 46.6 Å². The van der Waals surface area contributed by atoms with Crippen LogP contribution in [0.4, 0.5) is 0 Å². The monoisotopic (exact) mass is 193 g/mol. The minimum atomic E-state index is 0.167. The number of nitrogens with two attached hydrogens (primary N) is 1. The van der Waals surface area contributed by atoms with Crippen LogP contribution >= 0.6 is 0 Å². The van der Waals surface area contributed by atoms with Crippen LogP contribution in [0.25, 0.3) is 0 Å². The molecule has 0 aliphatic heterocycles. The fraction of sp³-hybridized carbons (Fsp3) is 0.692. The highest BCUT2D eigenvalue weighted by molar-refractivity contribution is 5.19. The van der Waals surface area contributed by atoms with Crippen LogP contribution in [0.3, 0.4) is 0 Å². The molecule has 80 valence electrons. The zero-order valence-corrected chi connectivity index (χ0v) is 9.88. The van der Waals surface area contributed by atoms with Gasteiger partial charge in [-0.1, -0.05) is 37.6 Å². The molecule has 0 aromatic carbocycles. The van der Waals surface area contributed by atoms with E-state index in [4.69, 9.17) is 5.73 Å². The van der Waals surface area contributed by atoms with Crippen molar-refractivity contribution in [2.75, 3.05) is 0 Å². The Kier molecular flexibility index (Phi) is 3.54. The molecule has 0 aromatic rings. The van der Waals surface area contributed by atoms with Gasteiger partial charge in [0.15, 0.2) is 0 Å². The van der Waals surface area contributed by atoms with Crippen LogP contribution in [0.2, 0.25) is 0 Å². The molecule has 0 spiro atoms. The lowest BCUT2D eigenvalue weighted by Crippen LogP contribution is -2.26. The predicted octanol–water partition coefficient (Wildman–Crippen LogP) is 3.27. The average Bonchev–Trinajstić information content (AvgIpc) is 2.01. The Labute approximate surface area is 88.1 Å². The molecule has 0 bridgehead atoms. The van der Waals surface area contributed by atoms with E-state index >= 15 is 0 Å². The maximum atomic E-state index is 5.74. The number of rotatable bonds is 2. The van der Waals surface area contributed by atoms with Gasteiger partial charge in [-0.15, -0.1) is 0 Å². The molecule has 0 amide bonds. The van der Waals surface area contributed by atoms with Crippen molar-refractivity contribution in [2.24, 2.45) is 17.1 Å². The van der Waals surface area contributed by atoms with Gasteiger partial charge in [0.25, 0.3) is 0 Å². The fourth-order valence-corrected chi connectivity index (χ4v) is 2.27. The van der Waals surface area contributed by atoms with Crippen molar-refractivity contribution in [1.82, 2.24) is 0 Å². The summed E-state index contributed by atoms with van der Waals surface area (Å²) in [4.78, 5) is 0. The van der Waals surface area contributed by atoms with Gasteiger partial charge in [-0.05, 0) is 32.1 Å². The zero-order valence-electron chi connectivity index (χ0n) is 9.88. The summed E-state index contributed by atoms with van der Waals surface area (Å²) in [5.41, 5.74) is 7.63. The largest absolute Gasteiger partial charge is 0.325 e. The third-order valence-electron chi connectivity index (χ3n) is 3.19. The molecule has 2 unspecified atom stereocenters. The summed E-state index contributed by atoms with van der Waals surface area (Å²) in [5, 5.41) is 0. The van der Waals surface area contributed by atoms with Gasteiger partial charge < -0.3 is 5.73 Å². The first kappa shape index (κ1) is 11.5. The van der Waals surface area contributed by atoms with Crippen molar-refractivity contribution >= 4 is 0 Å². The second kappa shape index (κ2) is 4.31. The molecule has 0 saturated carbocycles. The highest BCUT2D eigenvalue weighted by atomic mass is 14.6. The van der Waals surface area contributed by atoms with Crippen molar-refractivity contribution in [3.05, 3.63) is 23.8 Å². The Morgan fingerprint density at radius 3 is 2.71 bits per heavy atom. The highest BCUT2D eigenvalue weighted by Gasteiger charge is 2.30. The standard InChI is InChI=1S/C13H23N/c1-10-6-5-9-13(3,4)12(10)8-7-11(2)14/h6-8,11-12H,5,9,14H2,1-4H3. The van der Waals surface area contributed by atoms with Gasteiger partial charge in [0.2, 0.25) is 0 Å². The quantitative estimate of drug-likeness (QED) is 0.669. The maximum absolute atomic E-state index is 5.74. The lowest BCUT2D eigenvalue weighted by molar-refractivity contribution is 0.255. The number of allylic oxidation sites excluding steroid dienone is 3. The van der Waals surface area contributed by atoms with Crippen LogP contribution in [-0.2, 0) is 0 Å². The Hall–Kier alpha value is -0.560. The molecule has 14 heavy (non-hydrogen) atoms. The SMILES string of the molecule is CC1=CCCC(C)(C)C1C=CC(C)N. The molecule has 0 aromatic heterocycles. The molecule has 1 heteroatoms. The highest BCUT2D eigenvalue weighted by Crippen LogP contribution is 2.41. The summed E-state index contributed by atoms with van der Waals surface area (Å²) < 4.78 is 0. The summed E-state index contributed by atoms with van der Waals surface area (Å²) in [6, 6.07) is 0.167. The average molecular weight is 193 g/mol. The molecule has 0 radical (unpaired) electrons.